The van der Waals surface area contributed by atoms with Crippen molar-refractivity contribution in [2.75, 3.05) is 11.9 Å². The van der Waals surface area contributed by atoms with Crippen LogP contribution < -0.4 is 21.3 Å². The molecule has 0 saturated heterocycles. The molecule has 1 rings (SSSR count). The second-order valence-corrected chi connectivity index (χ2v) is 7.67. The number of aliphatic carboxylic acids is 1. The fraction of sp³-hybridized carbons (Fsp3) is 0.500. The second-order valence-electron chi connectivity index (χ2n) is 7.67. The van der Waals surface area contributed by atoms with Gasteiger partial charge < -0.3 is 25.8 Å². The Morgan fingerprint density at radius 1 is 1.07 bits per heavy atom. The summed E-state index contributed by atoms with van der Waals surface area (Å²) in [6.07, 6.45) is 0.0442. The van der Waals surface area contributed by atoms with Crippen molar-refractivity contribution in [3.63, 3.8) is 0 Å². The van der Waals surface area contributed by atoms with Gasteiger partial charge in [0.2, 0.25) is 5.91 Å². The highest BCUT2D eigenvalue weighted by molar-refractivity contribution is 5.85. The zero-order chi connectivity index (χ0) is 22.7. The van der Waals surface area contributed by atoms with Crippen molar-refractivity contribution in [3.05, 3.63) is 29.8 Å². The molecule has 4 amide bonds. The van der Waals surface area contributed by atoms with Crippen LogP contribution in [0, 0.1) is 0 Å². The summed E-state index contributed by atoms with van der Waals surface area (Å²) in [5.41, 5.74) is 0.707. The van der Waals surface area contributed by atoms with E-state index < -0.39 is 29.7 Å². The van der Waals surface area contributed by atoms with Gasteiger partial charge in [0.1, 0.15) is 11.6 Å². The maximum Gasteiger partial charge on any atom is 0.412 e. The van der Waals surface area contributed by atoms with Crippen LogP contribution in [0.5, 0.6) is 0 Å². The lowest BCUT2D eigenvalue weighted by atomic mass is 10.1. The Hall–Kier alpha value is -3.30. The van der Waals surface area contributed by atoms with Crippen molar-refractivity contribution in [2.24, 2.45) is 0 Å². The van der Waals surface area contributed by atoms with Gasteiger partial charge in [-0.15, -0.1) is 0 Å². The Balaban J connectivity index is 2.44. The number of hydrogen-bond donors (Lipinski definition) is 5. The van der Waals surface area contributed by atoms with Gasteiger partial charge in [-0.3, -0.25) is 10.1 Å². The highest BCUT2D eigenvalue weighted by Crippen LogP contribution is 2.13. The van der Waals surface area contributed by atoms with Crippen LogP contribution in [0.3, 0.4) is 0 Å². The van der Waals surface area contributed by atoms with E-state index in [0.717, 1.165) is 5.56 Å². The van der Waals surface area contributed by atoms with Gasteiger partial charge in [-0.2, -0.15) is 0 Å². The summed E-state index contributed by atoms with van der Waals surface area (Å²) < 4.78 is 5.17. The van der Waals surface area contributed by atoms with Crippen molar-refractivity contribution in [1.82, 2.24) is 16.0 Å². The molecule has 0 heterocycles. The van der Waals surface area contributed by atoms with Crippen LogP contribution in [0.2, 0.25) is 0 Å². The van der Waals surface area contributed by atoms with Crippen LogP contribution >= 0.6 is 0 Å². The minimum atomic E-state index is -1.15. The van der Waals surface area contributed by atoms with Crippen molar-refractivity contribution >= 4 is 29.7 Å². The fourth-order valence-electron chi connectivity index (χ4n) is 2.35. The molecular formula is C20H30N4O6. The SMILES string of the molecule is CC(=O)NCCCC(NC(=O)NCc1ccc(NC(=O)OC(C)(C)C)cc1)C(=O)O. The Bertz CT molecular complexity index is 743. The number of benzene rings is 1. The number of anilines is 1. The van der Waals surface area contributed by atoms with Gasteiger partial charge in [0.05, 0.1) is 0 Å². The molecule has 0 aliphatic rings. The number of nitrogens with one attached hydrogen (secondary N) is 4. The van der Waals surface area contributed by atoms with Crippen LogP contribution in [0.4, 0.5) is 15.3 Å². The highest BCUT2D eigenvalue weighted by atomic mass is 16.6. The van der Waals surface area contributed by atoms with Crippen molar-refractivity contribution in [3.8, 4) is 0 Å². The Kier molecular flexibility index (Phi) is 9.60. The molecule has 0 bridgehead atoms. The molecule has 1 atom stereocenters. The first-order chi connectivity index (χ1) is 14.0. The Labute approximate surface area is 175 Å². The molecule has 10 nitrogen and oxygen atoms in total. The van der Waals surface area contributed by atoms with Gasteiger partial charge in [-0.05, 0) is 51.3 Å². The van der Waals surface area contributed by atoms with Gasteiger partial charge in [0.25, 0.3) is 0 Å². The zero-order valence-electron chi connectivity index (χ0n) is 17.7. The molecule has 1 aromatic carbocycles. The normalized spacial score (nSPS) is 11.7. The third-order valence-electron chi connectivity index (χ3n) is 3.70. The van der Waals surface area contributed by atoms with Crippen LogP contribution in [0.15, 0.2) is 24.3 Å². The molecule has 166 valence electrons. The summed E-state index contributed by atoms with van der Waals surface area (Å²) >= 11 is 0. The number of carboxylic acid groups (broad SMARTS) is 1. The van der Waals surface area contributed by atoms with Crippen LogP contribution in [-0.2, 0) is 20.9 Å². The molecule has 0 saturated carbocycles. The molecule has 1 aromatic rings. The number of urea groups is 1. The predicted octanol–water partition coefficient (Wildman–Crippen LogP) is 2.20. The topological polar surface area (TPSA) is 146 Å². The minimum Gasteiger partial charge on any atom is -0.480 e. The minimum absolute atomic E-state index is 0.177. The largest absolute Gasteiger partial charge is 0.480 e. The van der Waals surface area contributed by atoms with Crippen LogP contribution in [0.1, 0.15) is 46.1 Å². The number of ether oxygens (including phenoxy) is 1. The lowest BCUT2D eigenvalue weighted by Gasteiger charge is -2.19. The standard InChI is InChI=1S/C20H30N4O6/c1-13(25)21-11-5-6-16(17(26)27)24-18(28)22-12-14-7-9-15(10-8-14)23-19(29)30-20(2,3)4/h7-10,16H,5-6,11-12H2,1-4H3,(H,21,25)(H,23,29)(H,26,27)(H2,22,24,28). The summed E-state index contributed by atoms with van der Waals surface area (Å²) in [6.45, 7) is 7.20. The first kappa shape index (κ1) is 24.7. The summed E-state index contributed by atoms with van der Waals surface area (Å²) in [5, 5.41) is 19.4. The average Bonchev–Trinajstić information content (AvgIpc) is 2.61. The summed E-state index contributed by atoms with van der Waals surface area (Å²) in [7, 11) is 0. The summed E-state index contributed by atoms with van der Waals surface area (Å²) in [5.74, 6) is -1.34. The number of carbonyl (C=O) groups is 4. The van der Waals surface area contributed by atoms with Gasteiger partial charge in [0.15, 0.2) is 0 Å². The highest BCUT2D eigenvalue weighted by Gasteiger charge is 2.19. The van der Waals surface area contributed by atoms with Crippen LogP contribution in [-0.4, -0.2) is 47.3 Å². The molecule has 30 heavy (non-hydrogen) atoms. The Morgan fingerprint density at radius 3 is 2.23 bits per heavy atom. The molecule has 1 unspecified atom stereocenters. The monoisotopic (exact) mass is 422 g/mol. The van der Waals surface area contributed by atoms with E-state index in [2.05, 4.69) is 21.3 Å². The molecule has 10 heteroatoms. The van der Waals surface area contributed by atoms with Gasteiger partial charge >= 0.3 is 18.1 Å². The van der Waals surface area contributed by atoms with Crippen LogP contribution in [0.25, 0.3) is 0 Å². The quantitative estimate of drug-likeness (QED) is 0.386. The summed E-state index contributed by atoms with van der Waals surface area (Å²) in [4.78, 5) is 45.8. The first-order valence-corrected chi connectivity index (χ1v) is 9.57. The molecule has 0 aliphatic carbocycles. The molecule has 0 spiro atoms. The van der Waals surface area contributed by atoms with E-state index in [4.69, 9.17) is 4.74 Å². The molecular weight excluding hydrogens is 392 g/mol. The lowest BCUT2D eigenvalue weighted by molar-refractivity contribution is -0.139. The molecule has 0 aliphatic heterocycles. The number of amides is 4. The van der Waals surface area contributed by atoms with E-state index in [1.807, 2.05) is 0 Å². The third-order valence-corrected chi connectivity index (χ3v) is 3.70. The Morgan fingerprint density at radius 2 is 1.70 bits per heavy atom. The van der Waals surface area contributed by atoms with Crippen molar-refractivity contribution in [1.29, 1.82) is 0 Å². The summed E-state index contributed by atoms with van der Waals surface area (Å²) in [6, 6.07) is 5.10. The lowest BCUT2D eigenvalue weighted by Crippen LogP contribution is -2.46. The van der Waals surface area contributed by atoms with E-state index in [1.165, 1.54) is 6.92 Å². The van der Waals surface area contributed by atoms with E-state index >= 15 is 0 Å². The third kappa shape index (κ3) is 10.9. The molecule has 0 radical (unpaired) electrons. The van der Waals surface area contributed by atoms with E-state index in [9.17, 15) is 24.3 Å². The maximum absolute atomic E-state index is 12.0. The second kappa shape index (κ2) is 11.6. The number of hydrogen-bond acceptors (Lipinski definition) is 5. The van der Waals surface area contributed by atoms with E-state index in [-0.39, 0.29) is 18.9 Å². The molecule has 0 aromatic heterocycles. The maximum atomic E-state index is 12.0. The molecule has 5 N–H and O–H groups in total. The van der Waals surface area contributed by atoms with Crippen molar-refractivity contribution in [2.45, 2.75) is 58.7 Å². The number of rotatable bonds is 9. The van der Waals surface area contributed by atoms with Gasteiger partial charge in [-0.1, -0.05) is 12.1 Å². The van der Waals surface area contributed by atoms with Gasteiger partial charge in [-0.25, -0.2) is 14.4 Å². The average molecular weight is 422 g/mol. The molecule has 0 fully saturated rings. The zero-order valence-corrected chi connectivity index (χ0v) is 17.7. The first-order valence-electron chi connectivity index (χ1n) is 9.57. The fourth-order valence-corrected chi connectivity index (χ4v) is 2.35. The van der Waals surface area contributed by atoms with Crippen molar-refractivity contribution < 1.29 is 29.0 Å². The number of carbonyl (C=O) groups excluding carboxylic acids is 3. The predicted molar refractivity (Wildman–Crippen MR) is 111 cm³/mol. The van der Waals surface area contributed by atoms with Gasteiger partial charge in [0, 0.05) is 25.7 Å². The number of carboxylic acids is 1. The van der Waals surface area contributed by atoms with E-state index in [0.29, 0.717) is 18.7 Å². The smallest absolute Gasteiger partial charge is 0.412 e. The van der Waals surface area contributed by atoms with E-state index in [1.54, 1.807) is 45.0 Å².